The zero-order chi connectivity index (χ0) is 19.4. The minimum absolute atomic E-state index is 0.0250. The number of amides is 1. The van der Waals surface area contributed by atoms with Crippen LogP contribution in [0.4, 0.5) is 0 Å². The van der Waals surface area contributed by atoms with E-state index in [9.17, 15) is 4.79 Å². The minimum atomic E-state index is 0.0250. The maximum Gasteiger partial charge on any atom is 0.217 e. The molecule has 1 aromatic carbocycles. The number of benzene rings is 1. The van der Waals surface area contributed by atoms with Gasteiger partial charge in [0.2, 0.25) is 5.91 Å². The monoisotopic (exact) mass is 376 g/mol. The van der Waals surface area contributed by atoms with Crippen molar-refractivity contribution < 1.29 is 19.0 Å². The molecule has 1 aliphatic heterocycles. The zero-order valence-electron chi connectivity index (χ0n) is 16.9. The Labute approximate surface area is 162 Å². The molecule has 0 bridgehead atoms. The van der Waals surface area contributed by atoms with Gasteiger partial charge in [-0.05, 0) is 49.3 Å². The third-order valence-electron chi connectivity index (χ3n) is 5.82. The molecule has 1 N–H and O–H groups in total. The van der Waals surface area contributed by atoms with Crippen LogP contribution in [0, 0.1) is 11.8 Å². The molecule has 0 unspecified atom stereocenters. The number of fused-ring (bicyclic) bond motifs is 1. The Kier molecular flexibility index (Phi) is 6.60. The molecule has 2 aliphatic rings. The van der Waals surface area contributed by atoms with E-state index in [1.807, 2.05) is 13.0 Å². The maximum atomic E-state index is 11.5. The second-order valence-electron chi connectivity index (χ2n) is 7.69. The van der Waals surface area contributed by atoms with Crippen molar-refractivity contribution in [2.24, 2.45) is 11.8 Å². The van der Waals surface area contributed by atoms with E-state index in [2.05, 4.69) is 22.3 Å². The van der Waals surface area contributed by atoms with Gasteiger partial charge in [-0.15, -0.1) is 0 Å². The fourth-order valence-corrected chi connectivity index (χ4v) is 4.66. The lowest BCUT2D eigenvalue weighted by Crippen LogP contribution is -2.49. The number of nitrogens with zero attached hydrogens (tertiary/aromatic N) is 1. The summed E-state index contributed by atoms with van der Waals surface area (Å²) in [6.45, 7) is 7.23. The van der Waals surface area contributed by atoms with Crippen LogP contribution >= 0.6 is 0 Å². The molecule has 0 radical (unpaired) electrons. The minimum Gasteiger partial charge on any atom is -0.493 e. The van der Waals surface area contributed by atoms with Crippen molar-refractivity contribution >= 4 is 5.91 Å². The number of hydrogen-bond donors (Lipinski definition) is 1. The molecule has 27 heavy (non-hydrogen) atoms. The standard InChI is InChI=1S/C21H32N2O4/c1-5-27-21-8-15(6-7-19(21)25-3)11-23-12-16-9-18(22-14(2)24)20(26-4)10-17(16)13-23/h6-8,16-18,20H,5,9-13H2,1-4H3,(H,22,24)/t16-,17+,18-,20-/m1/s1. The lowest BCUT2D eigenvalue weighted by Gasteiger charge is -2.37. The molecule has 150 valence electrons. The number of methoxy groups -OCH3 is 2. The van der Waals surface area contributed by atoms with Crippen LogP contribution in [0.25, 0.3) is 0 Å². The van der Waals surface area contributed by atoms with E-state index < -0.39 is 0 Å². The third kappa shape index (κ3) is 4.74. The van der Waals surface area contributed by atoms with Crippen LogP contribution in [0.1, 0.15) is 32.3 Å². The van der Waals surface area contributed by atoms with Crippen LogP contribution in [0.5, 0.6) is 11.5 Å². The lowest BCUT2D eigenvalue weighted by molar-refractivity contribution is -0.121. The molecule has 6 nitrogen and oxygen atoms in total. The number of likely N-dealkylation sites (tertiary alicyclic amines) is 1. The predicted octanol–water partition coefficient (Wildman–Crippen LogP) is 2.46. The molecule has 1 aliphatic carbocycles. The molecule has 1 heterocycles. The highest BCUT2D eigenvalue weighted by Gasteiger charge is 2.42. The quantitative estimate of drug-likeness (QED) is 0.792. The molecule has 0 spiro atoms. The molecule has 3 rings (SSSR count). The van der Waals surface area contributed by atoms with Crippen molar-refractivity contribution in [1.29, 1.82) is 0 Å². The summed E-state index contributed by atoms with van der Waals surface area (Å²) in [4.78, 5) is 14.0. The summed E-state index contributed by atoms with van der Waals surface area (Å²) >= 11 is 0. The Bertz CT molecular complexity index is 651. The van der Waals surface area contributed by atoms with Gasteiger partial charge in [-0.25, -0.2) is 0 Å². The van der Waals surface area contributed by atoms with Gasteiger partial charge in [-0.1, -0.05) is 6.07 Å². The summed E-state index contributed by atoms with van der Waals surface area (Å²) in [6.07, 6.45) is 2.11. The first-order valence-electron chi connectivity index (χ1n) is 9.86. The molecule has 1 aromatic rings. The molecule has 1 saturated heterocycles. The van der Waals surface area contributed by atoms with Gasteiger partial charge in [0.15, 0.2) is 11.5 Å². The first-order chi connectivity index (χ1) is 13.0. The Morgan fingerprint density at radius 3 is 2.56 bits per heavy atom. The Morgan fingerprint density at radius 2 is 1.93 bits per heavy atom. The Hall–Kier alpha value is -1.79. The summed E-state index contributed by atoms with van der Waals surface area (Å²) < 4.78 is 16.8. The summed E-state index contributed by atoms with van der Waals surface area (Å²) in [7, 11) is 3.42. The summed E-state index contributed by atoms with van der Waals surface area (Å²) in [5, 5.41) is 3.08. The number of rotatable bonds is 7. The summed E-state index contributed by atoms with van der Waals surface area (Å²) in [5.41, 5.74) is 1.24. The van der Waals surface area contributed by atoms with E-state index >= 15 is 0 Å². The fraction of sp³-hybridized carbons (Fsp3) is 0.667. The first-order valence-corrected chi connectivity index (χ1v) is 9.86. The van der Waals surface area contributed by atoms with E-state index in [0.29, 0.717) is 18.4 Å². The molecular formula is C21H32N2O4. The highest BCUT2D eigenvalue weighted by Crippen LogP contribution is 2.38. The third-order valence-corrected chi connectivity index (χ3v) is 5.82. The van der Waals surface area contributed by atoms with Crippen LogP contribution in [0.2, 0.25) is 0 Å². The fourth-order valence-electron chi connectivity index (χ4n) is 4.66. The molecule has 2 fully saturated rings. The molecule has 0 aromatic heterocycles. The predicted molar refractivity (Wildman–Crippen MR) is 104 cm³/mol. The second-order valence-corrected chi connectivity index (χ2v) is 7.69. The number of carbonyl (C=O) groups excluding carboxylic acids is 1. The van der Waals surface area contributed by atoms with Crippen LogP contribution in [-0.4, -0.2) is 56.9 Å². The molecule has 1 saturated carbocycles. The second kappa shape index (κ2) is 8.93. The van der Waals surface area contributed by atoms with E-state index in [4.69, 9.17) is 14.2 Å². The molecule has 4 atom stereocenters. The van der Waals surface area contributed by atoms with Gasteiger partial charge in [-0.2, -0.15) is 0 Å². The Balaban J connectivity index is 1.64. The number of nitrogens with one attached hydrogen (secondary N) is 1. The maximum absolute atomic E-state index is 11.5. The van der Waals surface area contributed by atoms with Crippen LogP contribution < -0.4 is 14.8 Å². The smallest absolute Gasteiger partial charge is 0.217 e. The van der Waals surface area contributed by atoms with Crippen molar-refractivity contribution in [3.05, 3.63) is 23.8 Å². The van der Waals surface area contributed by atoms with Gasteiger partial charge in [0.05, 0.1) is 25.9 Å². The van der Waals surface area contributed by atoms with Gasteiger partial charge in [0.25, 0.3) is 0 Å². The Morgan fingerprint density at radius 1 is 1.19 bits per heavy atom. The zero-order valence-corrected chi connectivity index (χ0v) is 16.9. The number of carbonyl (C=O) groups is 1. The van der Waals surface area contributed by atoms with Gasteiger partial charge in [0.1, 0.15) is 0 Å². The topological polar surface area (TPSA) is 60.0 Å². The van der Waals surface area contributed by atoms with E-state index in [0.717, 1.165) is 44.0 Å². The average Bonchev–Trinajstić information content (AvgIpc) is 3.02. The summed E-state index contributed by atoms with van der Waals surface area (Å²) in [6, 6.07) is 6.31. The van der Waals surface area contributed by atoms with Crippen LogP contribution in [-0.2, 0) is 16.1 Å². The van der Waals surface area contributed by atoms with E-state index in [-0.39, 0.29) is 18.1 Å². The van der Waals surface area contributed by atoms with Gasteiger partial charge in [-0.3, -0.25) is 9.69 Å². The average molecular weight is 376 g/mol. The van der Waals surface area contributed by atoms with Gasteiger partial charge < -0.3 is 19.5 Å². The largest absolute Gasteiger partial charge is 0.493 e. The first kappa shape index (κ1) is 20.0. The SMILES string of the molecule is CCOc1cc(CN2C[C@H]3C[C@@H](NC(C)=O)[C@H](OC)C[C@H]3C2)ccc1OC. The van der Waals surface area contributed by atoms with Crippen LogP contribution in [0.15, 0.2) is 18.2 Å². The highest BCUT2D eigenvalue weighted by atomic mass is 16.5. The lowest BCUT2D eigenvalue weighted by atomic mass is 9.77. The van der Waals surface area contributed by atoms with Crippen molar-refractivity contribution in [2.45, 2.75) is 45.4 Å². The van der Waals surface area contributed by atoms with Crippen molar-refractivity contribution in [3.63, 3.8) is 0 Å². The molecule has 6 heteroatoms. The van der Waals surface area contributed by atoms with E-state index in [1.165, 1.54) is 5.56 Å². The van der Waals surface area contributed by atoms with E-state index in [1.54, 1.807) is 21.1 Å². The van der Waals surface area contributed by atoms with Crippen molar-refractivity contribution in [2.75, 3.05) is 33.9 Å². The highest BCUT2D eigenvalue weighted by molar-refractivity contribution is 5.73. The molecule has 1 amide bonds. The van der Waals surface area contributed by atoms with Gasteiger partial charge in [0, 0.05) is 33.7 Å². The molecular weight excluding hydrogens is 344 g/mol. The number of hydrogen-bond acceptors (Lipinski definition) is 5. The summed E-state index contributed by atoms with van der Waals surface area (Å²) in [5.74, 6) is 2.84. The number of ether oxygens (including phenoxy) is 3. The van der Waals surface area contributed by atoms with Crippen molar-refractivity contribution in [3.8, 4) is 11.5 Å². The normalized spacial score (nSPS) is 27.9. The van der Waals surface area contributed by atoms with Gasteiger partial charge >= 0.3 is 0 Å². The van der Waals surface area contributed by atoms with Crippen molar-refractivity contribution in [1.82, 2.24) is 10.2 Å². The van der Waals surface area contributed by atoms with Crippen LogP contribution in [0.3, 0.4) is 0 Å².